The Hall–Kier alpha value is -1.77. The number of carbonyl (C=O) groups is 1. The molecule has 0 saturated heterocycles. The summed E-state index contributed by atoms with van der Waals surface area (Å²) in [6.07, 6.45) is 7.62. The fraction of sp³-hybridized carbons (Fsp3) is 0.500. The number of rotatable bonds is 5. The van der Waals surface area contributed by atoms with Crippen molar-refractivity contribution in [2.45, 2.75) is 38.1 Å². The minimum absolute atomic E-state index is 0.0421. The van der Waals surface area contributed by atoms with Gasteiger partial charge in [0.15, 0.2) is 0 Å². The molecule has 112 valence electrons. The summed E-state index contributed by atoms with van der Waals surface area (Å²) in [4.78, 5) is 12.5. The first-order valence-corrected chi connectivity index (χ1v) is 7.80. The Morgan fingerprint density at radius 1 is 1.43 bits per heavy atom. The van der Waals surface area contributed by atoms with Gasteiger partial charge in [-0.15, -0.1) is 6.58 Å². The highest BCUT2D eigenvalue weighted by atomic mass is 16.5. The van der Waals surface area contributed by atoms with Crippen molar-refractivity contribution in [3.63, 3.8) is 0 Å². The van der Waals surface area contributed by atoms with Crippen LogP contribution in [0.25, 0.3) is 0 Å². The molecule has 0 radical (unpaired) electrons. The number of amides is 1. The largest absolute Gasteiger partial charge is 0.496 e. The van der Waals surface area contributed by atoms with Gasteiger partial charge in [0, 0.05) is 11.6 Å². The molecule has 0 heterocycles. The molecule has 2 aliphatic carbocycles. The van der Waals surface area contributed by atoms with Crippen LogP contribution in [-0.4, -0.2) is 19.1 Å². The zero-order chi connectivity index (χ0) is 14.8. The van der Waals surface area contributed by atoms with Crippen molar-refractivity contribution in [3.8, 4) is 5.75 Å². The van der Waals surface area contributed by atoms with Gasteiger partial charge in [0.1, 0.15) is 5.75 Å². The van der Waals surface area contributed by atoms with Gasteiger partial charge >= 0.3 is 0 Å². The maximum atomic E-state index is 12.5. The van der Waals surface area contributed by atoms with Crippen LogP contribution in [0.15, 0.2) is 30.9 Å². The van der Waals surface area contributed by atoms with Crippen molar-refractivity contribution in [2.75, 3.05) is 7.11 Å². The SMILES string of the molecule is C=CCc1cc(C(=O)N[C@@H]2C[C@H]3CC[C@H]2C3)ccc1OC. The van der Waals surface area contributed by atoms with E-state index in [2.05, 4.69) is 11.9 Å². The lowest BCUT2D eigenvalue weighted by molar-refractivity contribution is 0.0923. The molecule has 3 rings (SSSR count). The topological polar surface area (TPSA) is 38.3 Å². The normalized spacial score (nSPS) is 26.6. The smallest absolute Gasteiger partial charge is 0.251 e. The zero-order valence-corrected chi connectivity index (χ0v) is 12.6. The van der Waals surface area contributed by atoms with Crippen molar-refractivity contribution in [3.05, 3.63) is 42.0 Å². The van der Waals surface area contributed by atoms with Crippen LogP contribution in [-0.2, 0) is 6.42 Å². The van der Waals surface area contributed by atoms with Crippen LogP contribution in [0.3, 0.4) is 0 Å². The summed E-state index contributed by atoms with van der Waals surface area (Å²) in [5.74, 6) is 2.39. The van der Waals surface area contributed by atoms with E-state index in [1.54, 1.807) is 7.11 Å². The van der Waals surface area contributed by atoms with Crippen molar-refractivity contribution < 1.29 is 9.53 Å². The molecule has 2 fully saturated rings. The fourth-order valence-electron chi connectivity index (χ4n) is 3.91. The molecule has 0 aliphatic heterocycles. The summed E-state index contributed by atoms with van der Waals surface area (Å²) in [6, 6.07) is 6.01. The molecule has 3 nitrogen and oxygen atoms in total. The second kappa shape index (κ2) is 5.92. The van der Waals surface area contributed by atoms with Crippen molar-refractivity contribution in [1.29, 1.82) is 0 Å². The Bertz CT molecular complexity index is 552. The first kappa shape index (κ1) is 14.2. The number of ether oxygens (including phenoxy) is 1. The highest BCUT2D eigenvalue weighted by Crippen LogP contribution is 2.44. The Balaban J connectivity index is 1.72. The maximum Gasteiger partial charge on any atom is 0.251 e. The van der Waals surface area contributed by atoms with Crippen LogP contribution >= 0.6 is 0 Å². The molecule has 21 heavy (non-hydrogen) atoms. The number of fused-ring (bicyclic) bond motifs is 2. The predicted molar refractivity (Wildman–Crippen MR) is 83.6 cm³/mol. The van der Waals surface area contributed by atoms with E-state index in [0.717, 1.165) is 29.2 Å². The monoisotopic (exact) mass is 285 g/mol. The lowest BCUT2D eigenvalue weighted by Crippen LogP contribution is -2.38. The van der Waals surface area contributed by atoms with E-state index in [1.807, 2.05) is 24.3 Å². The Morgan fingerprint density at radius 2 is 2.29 bits per heavy atom. The molecule has 1 amide bonds. The number of hydrogen-bond acceptors (Lipinski definition) is 2. The molecule has 1 aromatic carbocycles. The molecule has 2 bridgehead atoms. The number of benzene rings is 1. The first-order valence-electron chi connectivity index (χ1n) is 7.80. The van der Waals surface area contributed by atoms with E-state index in [9.17, 15) is 4.79 Å². The number of carbonyl (C=O) groups excluding carboxylic acids is 1. The number of nitrogens with one attached hydrogen (secondary N) is 1. The number of allylic oxidation sites excluding steroid dienone is 1. The molecule has 0 aromatic heterocycles. The molecule has 0 spiro atoms. The van der Waals surface area contributed by atoms with Gasteiger partial charge in [0.05, 0.1) is 7.11 Å². The van der Waals surface area contributed by atoms with Crippen LogP contribution in [0.5, 0.6) is 5.75 Å². The predicted octanol–water partition coefficient (Wildman–Crippen LogP) is 3.34. The Morgan fingerprint density at radius 3 is 2.90 bits per heavy atom. The van der Waals surface area contributed by atoms with Crippen LogP contribution < -0.4 is 10.1 Å². The summed E-state index contributed by atoms with van der Waals surface area (Å²) >= 11 is 0. The summed E-state index contributed by atoms with van der Waals surface area (Å²) in [5.41, 5.74) is 1.73. The summed E-state index contributed by atoms with van der Waals surface area (Å²) < 4.78 is 5.33. The van der Waals surface area contributed by atoms with Crippen molar-refractivity contribution in [2.24, 2.45) is 11.8 Å². The highest BCUT2D eigenvalue weighted by molar-refractivity contribution is 5.94. The van der Waals surface area contributed by atoms with E-state index in [4.69, 9.17) is 4.74 Å². The molecule has 2 saturated carbocycles. The molecule has 3 atom stereocenters. The molecule has 3 heteroatoms. The van der Waals surface area contributed by atoms with Crippen molar-refractivity contribution >= 4 is 5.91 Å². The van der Waals surface area contributed by atoms with E-state index < -0.39 is 0 Å². The van der Waals surface area contributed by atoms with Gasteiger partial charge in [-0.25, -0.2) is 0 Å². The van der Waals surface area contributed by atoms with Crippen molar-refractivity contribution in [1.82, 2.24) is 5.32 Å². The van der Waals surface area contributed by atoms with Gasteiger partial charge in [-0.1, -0.05) is 12.5 Å². The van der Waals surface area contributed by atoms with Crippen LogP contribution in [0.1, 0.15) is 41.6 Å². The molecule has 1 aromatic rings. The molecule has 2 aliphatic rings. The molecule has 1 N–H and O–H groups in total. The number of methoxy groups -OCH3 is 1. The second-order valence-electron chi connectivity index (χ2n) is 6.27. The average Bonchev–Trinajstić information content (AvgIpc) is 3.10. The van der Waals surface area contributed by atoms with Gasteiger partial charge < -0.3 is 10.1 Å². The standard InChI is InChI=1S/C18H23NO2/c1-3-4-14-11-15(7-8-17(14)21-2)18(20)19-16-10-12-5-6-13(16)9-12/h3,7-8,11-13,16H,1,4-6,9-10H2,2H3,(H,19,20)/t12-,13-,16+/m0/s1. The summed E-state index contributed by atoms with van der Waals surface area (Å²) in [6.45, 7) is 3.76. The van der Waals surface area contributed by atoms with E-state index in [0.29, 0.717) is 18.4 Å². The Labute approximate surface area is 126 Å². The van der Waals surface area contributed by atoms with Gasteiger partial charge in [0.25, 0.3) is 5.91 Å². The van der Waals surface area contributed by atoms with Gasteiger partial charge in [-0.3, -0.25) is 4.79 Å². The summed E-state index contributed by atoms with van der Waals surface area (Å²) in [7, 11) is 1.65. The van der Waals surface area contributed by atoms with Crippen LogP contribution in [0.2, 0.25) is 0 Å². The zero-order valence-electron chi connectivity index (χ0n) is 12.6. The Kier molecular flexibility index (Phi) is 4.00. The molecular formula is C18H23NO2. The minimum Gasteiger partial charge on any atom is -0.496 e. The molecular weight excluding hydrogens is 262 g/mol. The average molecular weight is 285 g/mol. The quantitative estimate of drug-likeness (QED) is 0.843. The minimum atomic E-state index is 0.0421. The second-order valence-corrected chi connectivity index (χ2v) is 6.27. The first-order chi connectivity index (χ1) is 10.2. The maximum absolute atomic E-state index is 12.5. The third kappa shape index (κ3) is 2.82. The summed E-state index contributed by atoms with van der Waals surface area (Å²) in [5, 5.41) is 3.23. The fourth-order valence-corrected chi connectivity index (χ4v) is 3.91. The van der Waals surface area contributed by atoms with E-state index >= 15 is 0 Å². The third-order valence-corrected chi connectivity index (χ3v) is 4.96. The molecule has 0 unspecified atom stereocenters. The lowest BCUT2D eigenvalue weighted by Gasteiger charge is -2.23. The third-order valence-electron chi connectivity index (χ3n) is 4.96. The van der Waals surface area contributed by atoms with Gasteiger partial charge in [0.2, 0.25) is 0 Å². The van der Waals surface area contributed by atoms with E-state index in [-0.39, 0.29) is 5.91 Å². The van der Waals surface area contributed by atoms with Crippen LogP contribution in [0.4, 0.5) is 0 Å². The lowest BCUT2D eigenvalue weighted by atomic mass is 9.95. The van der Waals surface area contributed by atoms with E-state index in [1.165, 1.54) is 19.3 Å². The van der Waals surface area contributed by atoms with Crippen LogP contribution in [0, 0.1) is 11.8 Å². The number of hydrogen-bond donors (Lipinski definition) is 1. The van der Waals surface area contributed by atoms with Gasteiger partial charge in [-0.2, -0.15) is 0 Å². The highest BCUT2D eigenvalue weighted by Gasteiger charge is 2.40. The van der Waals surface area contributed by atoms with Gasteiger partial charge in [-0.05, 0) is 61.3 Å².